The van der Waals surface area contributed by atoms with Gasteiger partial charge in [0.15, 0.2) is 7.28 Å². The molecule has 17 heavy (non-hydrogen) atoms. The summed E-state index contributed by atoms with van der Waals surface area (Å²) in [4.78, 5) is 0. The van der Waals surface area contributed by atoms with Gasteiger partial charge in [-0.15, -0.1) is 0 Å². The van der Waals surface area contributed by atoms with Crippen LogP contribution in [0.25, 0.3) is 0 Å². The van der Waals surface area contributed by atoms with E-state index in [4.69, 9.17) is 0 Å². The molecule has 2 rings (SSSR count). The molecule has 0 aromatic heterocycles. The fourth-order valence-electron chi connectivity index (χ4n) is 1.95. The van der Waals surface area contributed by atoms with E-state index in [0.29, 0.717) is 0 Å². The van der Waals surface area contributed by atoms with Gasteiger partial charge in [0.2, 0.25) is 0 Å². The highest BCUT2D eigenvalue weighted by molar-refractivity contribution is 6.67. The lowest BCUT2D eigenvalue weighted by molar-refractivity contribution is 0.590. The molecule has 0 aliphatic rings. The van der Waals surface area contributed by atoms with Crippen molar-refractivity contribution in [3.05, 3.63) is 60.2 Å². The molecule has 0 amide bonds. The van der Waals surface area contributed by atoms with Gasteiger partial charge >= 0.3 is 0 Å². The minimum atomic E-state index is 0.241. The van der Waals surface area contributed by atoms with Gasteiger partial charge in [0, 0.05) is 0 Å². The van der Waals surface area contributed by atoms with Gasteiger partial charge in [-0.2, -0.15) is 0 Å². The third kappa shape index (κ3) is 3.23. The summed E-state index contributed by atoms with van der Waals surface area (Å²) >= 11 is 0. The molecule has 2 aromatic rings. The largest absolute Gasteiger partial charge is 0.192 e. The molecule has 86 valence electrons. The summed E-state index contributed by atoms with van der Waals surface area (Å²) in [5.41, 5.74) is 4.39. The normalized spacial score (nSPS) is 11.2. The van der Waals surface area contributed by atoms with Gasteiger partial charge < -0.3 is 0 Å². The van der Waals surface area contributed by atoms with E-state index in [9.17, 15) is 0 Å². The second-order valence-electron chi connectivity index (χ2n) is 5.61. The van der Waals surface area contributed by atoms with Crippen LogP contribution in [0.3, 0.4) is 0 Å². The molecular weight excluding hydrogens is 203 g/mol. The van der Waals surface area contributed by atoms with E-state index in [1.165, 1.54) is 16.5 Å². The summed E-state index contributed by atoms with van der Waals surface area (Å²) in [5, 5.41) is 0. The SMILES string of the molecule is CC(C)(C)c1ccc(Bc2ccccc2)cc1. The molecule has 0 atom stereocenters. The summed E-state index contributed by atoms with van der Waals surface area (Å²) in [6, 6.07) is 19.6. The molecule has 0 heterocycles. The first kappa shape index (κ1) is 12.0. The molecule has 2 aromatic carbocycles. The standard InChI is InChI=1S/C16H19B/c1-16(2,3)13-9-11-15(12-10-13)17-14-7-5-4-6-8-14/h4-12,17H,1-3H3. The Morgan fingerprint density at radius 3 is 1.76 bits per heavy atom. The average molecular weight is 222 g/mol. The molecule has 0 fully saturated rings. The molecular formula is C16H19B. The first-order chi connectivity index (χ1) is 8.05. The predicted octanol–water partition coefficient (Wildman–Crippen LogP) is 2.37. The van der Waals surface area contributed by atoms with Crippen molar-refractivity contribution >= 4 is 18.2 Å². The Morgan fingerprint density at radius 1 is 0.706 bits per heavy atom. The second kappa shape index (κ2) is 4.79. The summed E-state index contributed by atoms with van der Waals surface area (Å²) in [6.07, 6.45) is 0. The molecule has 0 aliphatic heterocycles. The van der Waals surface area contributed by atoms with Gasteiger partial charge in [0.05, 0.1) is 0 Å². The Bertz CT molecular complexity index is 463. The number of hydrogen-bond acceptors (Lipinski definition) is 0. The Morgan fingerprint density at radius 2 is 1.24 bits per heavy atom. The van der Waals surface area contributed by atoms with Crippen LogP contribution in [-0.2, 0) is 5.41 Å². The molecule has 0 nitrogen and oxygen atoms in total. The third-order valence-electron chi connectivity index (χ3n) is 3.07. The quantitative estimate of drug-likeness (QED) is 0.684. The van der Waals surface area contributed by atoms with E-state index in [2.05, 4.69) is 75.4 Å². The Kier molecular flexibility index (Phi) is 3.37. The lowest BCUT2D eigenvalue weighted by atomic mass is 9.64. The highest BCUT2D eigenvalue weighted by Crippen LogP contribution is 2.20. The number of benzene rings is 2. The van der Waals surface area contributed by atoms with Crippen molar-refractivity contribution < 1.29 is 0 Å². The van der Waals surface area contributed by atoms with Crippen LogP contribution in [0.4, 0.5) is 0 Å². The molecule has 0 spiro atoms. The van der Waals surface area contributed by atoms with Gasteiger partial charge in [-0.3, -0.25) is 0 Å². The zero-order valence-electron chi connectivity index (χ0n) is 10.9. The Hall–Kier alpha value is -1.50. The maximum absolute atomic E-state index is 2.25. The van der Waals surface area contributed by atoms with Crippen LogP contribution in [-0.4, -0.2) is 7.28 Å². The van der Waals surface area contributed by atoms with Crippen molar-refractivity contribution in [1.82, 2.24) is 0 Å². The van der Waals surface area contributed by atoms with E-state index < -0.39 is 0 Å². The minimum absolute atomic E-state index is 0.241. The zero-order valence-corrected chi connectivity index (χ0v) is 10.9. The van der Waals surface area contributed by atoms with Crippen LogP contribution in [0, 0.1) is 0 Å². The van der Waals surface area contributed by atoms with Crippen LogP contribution in [0.5, 0.6) is 0 Å². The van der Waals surface area contributed by atoms with Gasteiger partial charge in [0.1, 0.15) is 0 Å². The molecule has 0 N–H and O–H groups in total. The summed E-state index contributed by atoms with van der Waals surface area (Å²) in [6.45, 7) is 6.75. The molecule has 0 unspecified atom stereocenters. The van der Waals surface area contributed by atoms with E-state index in [-0.39, 0.29) is 5.41 Å². The predicted molar refractivity (Wildman–Crippen MR) is 78.0 cm³/mol. The fraction of sp³-hybridized carbons (Fsp3) is 0.250. The van der Waals surface area contributed by atoms with E-state index >= 15 is 0 Å². The molecule has 0 bridgehead atoms. The number of rotatable bonds is 2. The van der Waals surface area contributed by atoms with Crippen molar-refractivity contribution in [2.45, 2.75) is 26.2 Å². The minimum Gasteiger partial charge on any atom is -0.0786 e. The molecule has 0 saturated carbocycles. The summed E-state index contributed by atoms with van der Waals surface area (Å²) in [5.74, 6) is 0. The second-order valence-corrected chi connectivity index (χ2v) is 5.61. The van der Waals surface area contributed by atoms with Crippen LogP contribution in [0.1, 0.15) is 26.3 Å². The topological polar surface area (TPSA) is 0 Å². The van der Waals surface area contributed by atoms with Crippen LogP contribution >= 0.6 is 0 Å². The molecule has 0 radical (unpaired) electrons. The highest BCUT2D eigenvalue weighted by atomic mass is 14.2. The lowest BCUT2D eigenvalue weighted by Gasteiger charge is -2.19. The van der Waals surface area contributed by atoms with E-state index in [1.54, 1.807) is 0 Å². The Balaban J connectivity index is 2.14. The van der Waals surface area contributed by atoms with Crippen molar-refractivity contribution in [3.8, 4) is 0 Å². The van der Waals surface area contributed by atoms with Crippen LogP contribution in [0.2, 0.25) is 0 Å². The number of hydrogen-bond donors (Lipinski definition) is 0. The lowest BCUT2D eigenvalue weighted by Crippen LogP contribution is -2.27. The molecule has 0 saturated heterocycles. The van der Waals surface area contributed by atoms with Crippen molar-refractivity contribution in [1.29, 1.82) is 0 Å². The fourth-order valence-corrected chi connectivity index (χ4v) is 1.95. The van der Waals surface area contributed by atoms with E-state index in [1.807, 2.05) is 0 Å². The maximum atomic E-state index is 2.25. The highest BCUT2D eigenvalue weighted by Gasteiger charge is 2.12. The van der Waals surface area contributed by atoms with Gasteiger partial charge in [0.25, 0.3) is 0 Å². The van der Waals surface area contributed by atoms with Gasteiger partial charge in [-0.1, -0.05) is 86.3 Å². The van der Waals surface area contributed by atoms with Crippen molar-refractivity contribution in [2.75, 3.05) is 0 Å². The van der Waals surface area contributed by atoms with Gasteiger partial charge in [-0.25, -0.2) is 0 Å². The van der Waals surface area contributed by atoms with Crippen molar-refractivity contribution in [3.63, 3.8) is 0 Å². The van der Waals surface area contributed by atoms with Crippen molar-refractivity contribution in [2.24, 2.45) is 0 Å². The monoisotopic (exact) mass is 222 g/mol. The van der Waals surface area contributed by atoms with Crippen LogP contribution in [0.15, 0.2) is 54.6 Å². The summed E-state index contributed by atoms with van der Waals surface area (Å²) in [7, 11) is 1.02. The third-order valence-corrected chi connectivity index (χ3v) is 3.07. The van der Waals surface area contributed by atoms with E-state index in [0.717, 1.165) is 7.28 Å². The Labute approximate surface area is 105 Å². The zero-order chi connectivity index (χ0) is 12.3. The molecule has 1 heteroatoms. The first-order valence-electron chi connectivity index (χ1n) is 6.19. The summed E-state index contributed by atoms with van der Waals surface area (Å²) < 4.78 is 0. The van der Waals surface area contributed by atoms with Gasteiger partial charge in [-0.05, 0) is 11.0 Å². The first-order valence-corrected chi connectivity index (χ1v) is 6.19. The maximum Gasteiger partial charge on any atom is 0.192 e. The van der Waals surface area contributed by atoms with Crippen LogP contribution < -0.4 is 10.9 Å². The molecule has 0 aliphatic carbocycles. The smallest absolute Gasteiger partial charge is 0.0786 e. The average Bonchev–Trinajstić information content (AvgIpc) is 2.30.